The lowest BCUT2D eigenvalue weighted by Gasteiger charge is -2.40. The Bertz CT molecular complexity index is 1370. The molecule has 4 rings (SSSR count). The number of methoxy groups -OCH3 is 2. The molecule has 15 nitrogen and oxygen atoms in total. The van der Waals surface area contributed by atoms with Crippen molar-refractivity contribution in [2.75, 3.05) is 20.8 Å². The number of hydrogen-bond acceptors (Lipinski definition) is 15. The van der Waals surface area contributed by atoms with E-state index in [1.165, 1.54) is 27.2 Å². The molecule has 9 N–H and O–H groups in total. The van der Waals surface area contributed by atoms with Gasteiger partial charge in [-0.15, -0.1) is 0 Å². The number of aliphatic hydroxyl groups excluding tert-OH is 6. The normalized spacial score (nSPS) is 26.2. The van der Waals surface area contributed by atoms with Crippen molar-refractivity contribution in [1.82, 2.24) is 0 Å². The minimum absolute atomic E-state index is 0.0337. The molecule has 0 radical (unpaired) electrons. The van der Waals surface area contributed by atoms with Gasteiger partial charge in [0.1, 0.15) is 48.3 Å². The molecule has 2 aliphatic rings. The highest BCUT2D eigenvalue weighted by molar-refractivity contribution is 5.50. The summed E-state index contributed by atoms with van der Waals surface area (Å²) in [5.74, 6) is -3.66. The molecule has 1 fully saturated rings. The van der Waals surface area contributed by atoms with Gasteiger partial charge in [-0.2, -0.15) is 0 Å². The highest BCUT2D eigenvalue weighted by Crippen LogP contribution is 2.41. The summed E-state index contributed by atoms with van der Waals surface area (Å²) in [6.07, 6.45) is -9.35. The number of phenolic OH excluding ortho intramolecular Hbond substituents is 3. The van der Waals surface area contributed by atoms with Crippen LogP contribution < -0.4 is 9.47 Å². The Morgan fingerprint density at radius 2 is 1.52 bits per heavy atom. The van der Waals surface area contributed by atoms with E-state index in [1.54, 1.807) is 12.1 Å². The largest absolute Gasteiger partial charge is 0.507 e. The van der Waals surface area contributed by atoms with Gasteiger partial charge in [0.05, 0.1) is 18.8 Å². The molecule has 242 valence electrons. The number of hydrogen-bond donors (Lipinski definition) is 9. The van der Waals surface area contributed by atoms with Gasteiger partial charge in [0.2, 0.25) is 17.8 Å². The Hall–Kier alpha value is -4.28. The third-order valence-corrected chi connectivity index (χ3v) is 7.28. The molecule has 0 saturated carbocycles. The van der Waals surface area contributed by atoms with Crippen LogP contribution in [0.1, 0.15) is 30.6 Å². The predicted molar refractivity (Wildman–Crippen MR) is 148 cm³/mol. The van der Waals surface area contributed by atoms with Crippen LogP contribution in [-0.2, 0) is 25.4 Å². The van der Waals surface area contributed by atoms with Crippen LogP contribution in [0.15, 0.2) is 53.6 Å². The van der Waals surface area contributed by atoms with E-state index in [9.17, 15) is 46.0 Å². The van der Waals surface area contributed by atoms with E-state index in [-0.39, 0.29) is 17.1 Å². The predicted octanol–water partition coefficient (Wildman–Crippen LogP) is 1.81. The molecule has 2 aromatic rings. The first-order valence-electron chi connectivity index (χ1n) is 13.5. The maximum atomic E-state index is 10.8. The average molecular weight is 625 g/mol. The Morgan fingerprint density at radius 1 is 0.841 bits per heavy atom. The van der Waals surface area contributed by atoms with Crippen molar-refractivity contribution >= 4 is 0 Å². The van der Waals surface area contributed by atoms with Crippen molar-refractivity contribution < 1.29 is 74.4 Å². The summed E-state index contributed by atoms with van der Waals surface area (Å²) < 4.78 is 32.2. The molecule has 0 spiro atoms. The summed E-state index contributed by atoms with van der Waals surface area (Å²) >= 11 is 0. The molecular formula is C29H36O15. The molecule has 15 heteroatoms. The van der Waals surface area contributed by atoms with Gasteiger partial charge in [0, 0.05) is 19.2 Å². The first-order valence-corrected chi connectivity index (χ1v) is 13.5. The third kappa shape index (κ3) is 6.76. The summed E-state index contributed by atoms with van der Waals surface area (Å²) in [6, 6.07) is 7.19. The van der Waals surface area contributed by atoms with Crippen molar-refractivity contribution in [3.05, 3.63) is 64.7 Å². The molecule has 2 aromatic carbocycles. The highest BCUT2D eigenvalue weighted by atomic mass is 16.7. The van der Waals surface area contributed by atoms with Gasteiger partial charge in [-0.3, -0.25) is 0 Å². The number of aliphatic hydroxyl groups is 6. The smallest absolute Gasteiger partial charge is 0.328 e. The Kier molecular flexibility index (Phi) is 10.1. The Labute approximate surface area is 251 Å². The van der Waals surface area contributed by atoms with E-state index < -0.39 is 84.2 Å². The van der Waals surface area contributed by atoms with Crippen molar-refractivity contribution in [2.24, 2.45) is 0 Å². The summed E-state index contributed by atoms with van der Waals surface area (Å²) in [5, 5.41) is 92.3. The molecular weight excluding hydrogens is 588 g/mol. The van der Waals surface area contributed by atoms with Crippen LogP contribution in [0.3, 0.4) is 0 Å². The van der Waals surface area contributed by atoms with Gasteiger partial charge in [0.15, 0.2) is 23.4 Å². The molecule has 7 atom stereocenters. The van der Waals surface area contributed by atoms with Gasteiger partial charge in [-0.1, -0.05) is 6.07 Å². The fraction of sp³-hybridized carbons (Fsp3) is 0.448. The minimum Gasteiger partial charge on any atom is -0.507 e. The van der Waals surface area contributed by atoms with E-state index in [2.05, 4.69) is 0 Å². The Morgan fingerprint density at radius 3 is 2.14 bits per heavy atom. The van der Waals surface area contributed by atoms with E-state index >= 15 is 0 Å². The topological polar surface area (TPSA) is 237 Å². The van der Waals surface area contributed by atoms with Gasteiger partial charge in [-0.05, 0) is 37.5 Å². The lowest BCUT2D eigenvalue weighted by Crippen LogP contribution is -2.60. The first-order chi connectivity index (χ1) is 20.9. The summed E-state index contributed by atoms with van der Waals surface area (Å²) in [7, 11) is 2.83. The Balaban J connectivity index is 1.45. The first kappa shape index (κ1) is 32.6. The van der Waals surface area contributed by atoms with Gasteiger partial charge >= 0.3 is 5.95 Å². The van der Waals surface area contributed by atoms with Crippen molar-refractivity contribution in [3.8, 4) is 28.7 Å². The zero-order valence-corrected chi connectivity index (χ0v) is 24.0. The van der Waals surface area contributed by atoms with E-state index in [1.807, 2.05) is 0 Å². The van der Waals surface area contributed by atoms with Crippen molar-refractivity contribution in [2.45, 2.75) is 62.7 Å². The summed E-state index contributed by atoms with van der Waals surface area (Å²) in [5.41, 5.74) is 0.817. The quantitative estimate of drug-likeness (QED) is 0.173. The molecule has 0 amide bonds. The lowest BCUT2D eigenvalue weighted by molar-refractivity contribution is -0.280. The lowest BCUT2D eigenvalue weighted by atomic mass is 9.98. The number of aromatic hydroxyl groups is 3. The fourth-order valence-electron chi connectivity index (χ4n) is 4.79. The molecule has 44 heavy (non-hydrogen) atoms. The number of aryl methyl sites for hydroxylation is 1. The van der Waals surface area contributed by atoms with Crippen LogP contribution in [-0.4, -0.2) is 104 Å². The van der Waals surface area contributed by atoms with Crippen molar-refractivity contribution in [1.29, 1.82) is 0 Å². The van der Waals surface area contributed by atoms with Crippen LogP contribution in [0.25, 0.3) is 0 Å². The van der Waals surface area contributed by atoms with E-state index in [0.717, 1.165) is 17.7 Å². The molecule has 0 aromatic heterocycles. The summed E-state index contributed by atoms with van der Waals surface area (Å²) in [6.45, 7) is 0.802. The molecule has 1 saturated heterocycles. The van der Waals surface area contributed by atoms with Crippen LogP contribution in [0, 0.1) is 0 Å². The minimum atomic E-state index is -1.79. The van der Waals surface area contributed by atoms with E-state index in [0.29, 0.717) is 18.6 Å². The highest BCUT2D eigenvalue weighted by Gasteiger charge is 2.46. The molecule has 2 aliphatic heterocycles. The average Bonchev–Trinajstić information content (AvgIpc) is 2.99. The number of rotatable bonds is 11. The number of phenols is 3. The second kappa shape index (κ2) is 13.6. The maximum absolute atomic E-state index is 10.8. The molecule has 5 unspecified atom stereocenters. The summed E-state index contributed by atoms with van der Waals surface area (Å²) in [4.78, 5) is 0. The van der Waals surface area contributed by atoms with E-state index in [4.69, 9.17) is 28.4 Å². The molecule has 2 heterocycles. The molecule has 0 aliphatic carbocycles. The zero-order chi connectivity index (χ0) is 32.3. The standard InChI is InChI=1S/C29H36O15/c1-12-22(33)24(35)26(37)28(42-12)41-11-20-23(34)25(36)27(38)29(44-20)43-14-9-16(31)21(17(32)10-14)19(40-3)7-5-13-4-6-18(39-2)15(30)8-13/h4,6,8-10,12,19-20,23,25,27,29-38H,5,7,11H2,1-3H3/t12?,19?,20?,23-,25?,27?,29-/m1/s1. The second-order valence-corrected chi connectivity index (χ2v) is 10.2. The van der Waals surface area contributed by atoms with Crippen LogP contribution in [0.2, 0.25) is 0 Å². The van der Waals surface area contributed by atoms with Crippen LogP contribution >= 0.6 is 0 Å². The third-order valence-electron chi connectivity index (χ3n) is 7.28. The maximum Gasteiger partial charge on any atom is 0.328 e. The monoisotopic (exact) mass is 624 g/mol. The number of ether oxygens (including phenoxy) is 6. The second-order valence-electron chi connectivity index (χ2n) is 10.2. The zero-order valence-electron chi connectivity index (χ0n) is 24.0. The van der Waals surface area contributed by atoms with Crippen molar-refractivity contribution in [3.63, 3.8) is 0 Å². The van der Waals surface area contributed by atoms with Gasteiger partial charge < -0.3 is 74.4 Å². The SMILES string of the molecule is COc1ccc(CCC(OC)c2c(O)cc(O[C@@H]3OC(COC4=C(O)C(O)=C(O)C(C)O4)[C@@H](O)C(O)C3O)cc2O)cc1O. The van der Waals surface area contributed by atoms with Crippen LogP contribution in [0.5, 0.6) is 28.7 Å². The van der Waals surface area contributed by atoms with Gasteiger partial charge in [0.25, 0.3) is 0 Å². The number of benzene rings is 2. The van der Waals surface area contributed by atoms with Gasteiger partial charge in [-0.25, -0.2) is 0 Å². The molecule has 0 bridgehead atoms. The van der Waals surface area contributed by atoms with Crippen LogP contribution in [0.4, 0.5) is 0 Å². The fourth-order valence-corrected chi connectivity index (χ4v) is 4.79.